The Balaban J connectivity index is 1.87. The van der Waals surface area contributed by atoms with Crippen molar-refractivity contribution < 1.29 is 13.2 Å². The predicted molar refractivity (Wildman–Crippen MR) is 120 cm³/mol. The number of carbonyl (C=O) groups excluding carboxylic acids is 1. The lowest BCUT2D eigenvalue weighted by molar-refractivity contribution is -0.128. The fourth-order valence-corrected chi connectivity index (χ4v) is 4.50. The molecule has 0 bridgehead atoms. The van der Waals surface area contributed by atoms with Crippen molar-refractivity contribution in [2.24, 2.45) is 0 Å². The topological polar surface area (TPSA) is 57.7 Å². The lowest BCUT2D eigenvalue weighted by Gasteiger charge is -2.27. The van der Waals surface area contributed by atoms with Crippen molar-refractivity contribution in [2.45, 2.75) is 18.4 Å². The minimum atomic E-state index is -3.91. The molecule has 0 aliphatic heterocycles. The number of nitrogens with zero attached hydrogens (tertiary/aromatic N) is 2. The molecule has 3 rings (SSSR count). The summed E-state index contributed by atoms with van der Waals surface area (Å²) in [5.41, 5.74) is 2.35. The molecule has 0 aromatic heterocycles. The zero-order valence-corrected chi connectivity index (χ0v) is 18.4. The minimum Gasteiger partial charge on any atom is -0.340 e. The molecule has 0 unspecified atom stereocenters. The van der Waals surface area contributed by atoms with Gasteiger partial charge in [-0.05, 0) is 48.9 Å². The number of hydrogen-bond acceptors (Lipinski definition) is 3. The zero-order valence-electron chi connectivity index (χ0n) is 16.8. The van der Waals surface area contributed by atoms with Crippen LogP contribution in [0.2, 0.25) is 5.02 Å². The van der Waals surface area contributed by atoms with E-state index in [1.807, 2.05) is 31.2 Å². The molecule has 0 aliphatic carbocycles. The van der Waals surface area contributed by atoms with Crippen molar-refractivity contribution in [1.29, 1.82) is 0 Å². The van der Waals surface area contributed by atoms with Crippen molar-refractivity contribution in [1.82, 2.24) is 4.90 Å². The summed E-state index contributed by atoms with van der Waals surface area (Å²) in [4.78, 5) is 14.6. The van der Waals surface area contributed by atoms with Crippen molar-refractivity contribution in [3.63, 3.8) is 0 Å². The first-order valence-electron chi connectivity index (χ1n) is 9.40. The van der Waals surface area contributed by atoms with Crippen molar-refractivity contribution in [3.05, 3.63) is 95.0 Å². The first-order valence-corrected chi connectivity index (χ1v) is 11.2. The van der Waals surface area contributed by atoms with E-state index in [0.29, 0.717) is 17.3 Å². The number of amides is 1. The van der Waals surface area contributed by atoms with Crippen molar-refractivity contribution in [3.8, 4) is 0 Å². The Morgan fingerprint density at radius 1 is 0.900 bits per heavy atom. The molecule has 0 N–H and O–H groups in total. The quantitative estimate of drug-likeness (QED) is 0.541. The Morgan fingerprint density at radius 3 is 2.10 bits per heavy atom. The number of benzene rings is 3. The van der Waals surface area contributed by atoms with Gasteiger partial charge in [0.1, 0.15) is 6.54 Å². The van der Waals surface area contributed by atoms with E-state index in [1.54, 1.807) is 49.5 Å². The molecule has 0 atom stereocenters. The summed E-state index contributed by atoms with van der Waals surface area (Å²) in [6.07, 6.45) is 0. The zero-order chi connectivity index (χ0) is 21.7. The number of aryl methyl sites for hydroxylation is 1. The third-order valence-corrected chi connectivity index (χ3v) is 6.73. The van der Waals surface area contributed by atoms with Gasteiger partial charge in [0.2, 0.25) is 5.91 Å². The average molecular weight is 443 g/mol. The van der Waals surface area contributed by atoms with Crippen LogP contribution < -0.4 is 4.31 Å². The van der Waals surface area contributed by atoms with Gasteiger partial charge in [0, 0.05) is 18.6 Å². The smallest absolute Gasteiger partial charge is 0.264 e. The highest BCUT2D eigenvalue weighted by Gasteiger charge is 2.28. The van der Waals surface area contributed by atoms with E-state index in [9.17, 15) is 13.2 Å². The molecule has 0 spiro atoms. The number of likely N-dealkylation sites (N-methyl/N-ethyl adjacent to an activating group) is 1. The second kappa shape index (κ2) is 9.32. The molecule has 0 radical (unpaired) electrons. The van der Waals surface area contributed by atoms with Crippen LogP contribution in [0.5, 0.6) is 0 Å². The maximum Gasteiger partial charge on any atom is 0.264 e. The Kier molecular flexibility index (Phi) is 6.80. The second-order valence-electron chi connectivity index (χ2n) is 7.04. The predicted octanol–water partition coefficient (Wildman–Crippen LogP) is 4.50. The molecule has 30 heavy (non-hydrogen) atoms. The summed E-state index contributed by atoms with van der Waals surface area (Å²) in [5.74, 6) is -0.315. The van der Waals surface area contributed by atoms with Gasteiger partial charge >= 0.3 is 0 Å². The molecule has 0 aliphatic rings. The number of hydrogen-bond donors (Lipinski definition) is 0. The molecule has 0 heterocycles. The highest BCUT2D eigenvalue weighted by atomic mass is 35.5. The number of halogens is 1. The maximum atomic E-state index is 13.3. The van der Waals surface area contributed by atoms with Crippen LogP contribution in [-0.2, 0) is 21.4 Å². The van der Waals surface area contributed by atoms with Gasteiger partial charge in [-0.3, -0.25) is 9.10 Å². The molecule has 0 saturated carbocycles. The number of rotatable bonds is 7. The third-order valence-electron chi connectivity index (χ3n) is 4.69. The Labute approximate surface area is 182 Å². The van der Waals surface area contributed by atoms with Gasteiger partial charge in [-0.15, -0.1) is 0 Å². The molecule has 156 valence electrons. The Hall–Kier alpha value is -2.83. The molecular formula is C23H23ClN2O3S. The Morgan fingerprint density at radius 2 is 1.50 bits per heavy atom. The second-order valence-corrected chi connectivity index (χ2v) is 9.34. The maximum absolute atomic E-state index is 13.3. The fraction of sp³-hybridized carbons (Fsp3) is 0.174. The average Bonchev–Trinajstić information content (AvgIpc) is 2.74. The summed E-state index contributed by atoms with van der Waals surface area (Å²) < 4.78 is 27.8. The number of carbonyl (C=O) groups is 1. The number of anilines is 1. The van der Waals surface area contributed by atoms with E-state index in [4.69, 9.17) is 11.6 Å². The number of sulfonamides is 1. The van der Waals surface area contributed by atoms with E-state index in [-0.39, 0.29) is 17.3 Å². The molecule has 5 nitrogen and oxygen atoms in total. The van der Waals surface area contributed by atoms with Crippen molar-refractivity contribution >= 4 is 33.2 Å². The van der Waals surface area contributed by atoms with Gasteiger partial charge in [0.15, 0.2) is 0 Å². The van der Waals surface area contributed by atoms with Gasteiger partial charge in [-0.25, -0.2) is 8.42 Å². The van der Waals surface area contributed by atoms with E-state index in [1.165, 1.54) is 17.0 Å². The first kappa shape index (κ1) is 21.9. The molecule has 3 aromatic rings. The van der Waals surface area contributed by atoms with Crippen LogP contribution >= 0.6 is 11.6 Å². The monoisotopic (exact) mass is 442 g/mol. The van der Waals surface area contributed by atoms with Crippen LogP contribution in [0.4, 0.5) is 5.69 Å². The summed E-state index contributed by atoms with van der Waals surface area (Å²) >= 11 is 5.91. The lowest BCUT2D eigenvalue weighted by Crippen LogP contribution is -2.41. The van der Waals surface area contributed by atoms with Crippen LogP contribution in [0, 0.1) is 6.92 Å². The normalized spacial score (nSPS) is 11.2. The molecule has 1 amide bonds. The Bertz CT molecular complexity index is 1100. The van der Waals surface area contributed by atoms with E-state index >= 15 is 0 Å². The van der Waals surface area contributed by atoms with E-state index < -0.39 is 10.0 Å². The van der Waals surface area contributed by atoms with Gasteiger partial charge in [-0.2, -0.15) is 0 Å². The SMILES string of the molecule is Cc1ccc(N(CC(=O)N(C)Cc2ccc(Cl)cc2)S(=O)(=O)c2ccccc2)cc1. The van der Waals surface area contributed by atoms with Gasteiger partial charge in [-0.1, -0.05) is 59.6 Å². The minimum absolute atomic E-state index is 0.138. The first-order chi connectivity index (χ1) is 14.3. The standard InChI is InChI=1S/C23H23ClN2O3S/c1-18-8-14-21(15-9-18)26(30(28,29)22-6-4-3-5-7-22)17-23(27)25(2)16-19-10-12-20(24)13-11-19/h3-15H,16-17H2,1-2H3. The third kappa shape index (κ3) is 5.20. The van der Waals surface area contributed by atoms with Crippen LogP contribution in [0.15, 0.2) is 83.8 Å². The van der Waals surface area contributed by atoms with Gasteiger partial charge in [0.25, 0.3) is 10.0 Å². The lowest BCUT2D eigenvalue weighted by atomic mass is 10.2. The van der Waals surface area contributed by atoms with E-state index in [2.05, 4.69) is 0 Å². The molecule has 0 saturated heterocycles. The summed E-state index contributed by atoms with van der Waals surface area (Å²) in [6, 6.07) is 22.4. The van der Waals surface area contributed by atoms with Crippen LogP contribution in [0.1, 0.15) is 11.1 Å². The van der Waals surface area contributed by atoms with Crippen LogP contribution in [-0.4, -0.2) is 32.8 Å². The molecule has 7 heteroatoms. The van der Waals surface area contributed by atoms with E-state index in [0.717, 1.165) is 15.4 Å². The summed E-state index contributed by atoms with van der Waals surface area (Å²) in [7, 11) is -2.25. The van der Waals surface area contributed by atoms with Crippen molar-refractivity contribution in [2.75, 3.05) is 17.9 Å². The van der Waals surface area contributed by atoms with Gasteiger partial charge in [0.05, 0.1) is 10.6 Å². The highest BCUT2D eigenvalue weighted by Crippen LogP contribution is 2.24. The fourth-order valence-electron chi connectivity index (χ4n) is 2.94. The van der Waals surface area contributed by atoms with Crippen LogP contribution in [0.25, 0.3) is 0 Å². The highest BCUT2D eigenvalue weighted by molar-refractivity contribution is 7.92. The molecule has 0 fully saturated rings. The summed E-state index contributed by atoms with van der Waals surface area (Å²) in [5, 5.41) is 0.618. The molecular weight excluding hydrogens is 420 g/mol. The summed E-state index contributed by atoms with van der Waals surface area (Å²) in [6.45, 7) is 1.97. The molecule has 3 aromatic carbocycles. The largest absolute Gasteiger partial charge is 0.340 e. The van der Waals surface area contributed by atoms with Crippen LogP contribution in [0.3, 0.4) is 0 Å². The van der Waals surface area contributed by atoms with Gasteiger partial charge < -0.3 is 4.90 Å².